The molecule has 0 radical (unpaired) electrons. The van der Waals surface area contributed by atoms with E-state index in [1.54, 1.807) is 6.92 Å². The van der Waals surface area contributed by atoms with Crippen molar-refractivity contribution in [2.45, 2.75) is 31.3 Å². The van der Waals surface area contributed by atoms with Gasteiger partial charge in [-0.25, -0.2) is 9.59 Å². The Morgan fingerprint density at radius 2 is 1.95 bits per heavy atom. The summed E-state index contributed by atoms with van der Waals surface area (Å²) in [5, 5.41) is 27.2. The summed E-state index contributed by atoms with van der Waals surface area (Å²) in [6.45, 7) is 1.47. The molecule has 1 amide bonds. The van der Waals surface area contributed by atoms with Gasteiger partial charge in [-0.3, -0.25) is 9.69 Å². The van der Waals surface area contributed by atoms with Crippen molar-refractivity contribution in [1.82, 2.24) is 9.80 Å². The Bertz CT molecular complexity index is 485. The quantitative estimate of drug-likeness (QED) is 0.509. The van der Waals surface area contributed by atoms with Gasteiger partial charge in [0, 0.05) is 19.5 Å². The van der Waals surface area contributed by atoms with Crippen molar-refractivity contribution >= 4 is 35.4 Å². The molecule has 21 heavy (non-hydrogen) atoms. The molecule has 0 aromatic rings. The third-order valence-corrected chi connectivity index (χ3v) is 3.71. The summed E-state index contributed by atoms with van der Waals surface area (Å²) >= 11 is 5.02. The van der Waals surface area contributed by atoms with Crippen LogP contribution in [-0.4, -0.2) is 72.9 Å². The molecule has 0 saturated carbocycles. The van der Waals surface area contributed by atoms with Crippen LogP contribution in [0.25, 0.3) is 0 Å². The van der Waals surface area contributed by atoms with Crippen LogP contribution < -0.4 is 5.73 Å². The molecule has 1 rings (SSSR count). The van der Waals surface area contributed by atoms with Crippen LogP contribution in [0.4, 0.5) is 4.79 Å². The Morgan fingerprint density at radius 1 is 1.38 bits per heavy atom. The zero-order chi connectivity index (χ0) is 16.4. The highest BCUT2D eigenvalue weighted by Gasteiger charge is 2.51. The van der Waals surface area contributed by atoms with E-state index in [4.69, 9.17) is 28.2 Å². The third-order valence-electron chi connectivity index (χ3n) is 3.25. The second-order valence-corrected chi connectivity index (χ2v) is 5.23. The molecule has 5 N–H and O–H groups in total. The minimum absolute atomic E-state index is 0.0850. The highest BCUT2D eigenvalue weighted by Crippen LogP contribution is 2.27. The van der Waals surface area contributed by atoms with Crippen LogP contribution >= 0.6 is 12.2 Å². The largest absolute Gasteiger partial charge is 0.480 e. The highest BCUT2D eigenvalue weighted by atomic mass is 32.1. The van der Waals surface area contributed by atoms with Crippen LogP contribution in [0.3, 0.4) is 0 Å². The molecule has 1 aliphatic rings. The van der Waals surface area contributed by atoms with Crippen molar-refractivity contribution in [3.05, 3.63) is 0 Å². The summed E-state index contributed by atoms with van der Waals surface area (Å²) in [6.07, 6.45) is -1.20. The second kappa shape index (κ2) is 6.22. The van der Waals surface area contributed by atoms with Gasteiger partial charge in [-0.15, -0.1) is 0 Å². The number of nitrogens with two attached hydrogens (primary N) is 1. The summed E-state index contributed by atoms with van der Waals surface area (Å²) in [7, 11) is 0. The number of likely N-dealkylation sites (tertiary alicyclic amines) is 1. The van der Waals surface area contributed by atoms with Crippen LogP contribution in [0, 0.1) is 0 Å². The Labute approximate surface area is 125 Å². The minimum Gasteiger partial charge on any atom is -0.480 e. The number of carboxylic acid groups (broad SMARTS) is 3. The van der Waals surface area contributed by atoms with E-state index in [1.165, 1.54) is 0 Å². The van der Waals surface area contributed by atoms with Gasteiger partial charge in [0.15, 0.2) is 5.11 Å². The summed E-state index contributed by atoms with van der Waals surface area (Å²) in [5.41, 5.74) is 3.90. The lowest BCUT2D eigenvalue weighted by Crippen LogP contribution is -2.53. The molecule has 118 valence electrons. The topological polar surface area (TPSA) is 144 Å². The zero-order valence-corrected chi connectivity index (χ0v) is 12.2. The fourth-order valence-corrected chi connectivity index (χ4v) is 2.52. The number of carbonyl (C=O) groups is 3. The molecule has 1 saturated heterocycles. The standard InChI is InChI=1S/C11H17N3O6S/c1-2-3-13(10(19)20)9(21)14-5-11(12,8(17)18)4-6(14)7(15)16/h6H,2-5,12H2,1H3,(H,15,16)(H,17,18)(H,19,20). The lowest BCUT2D eigenvalue weighted by Gasteiger charge is -2.30. The Morgan fingerprint density at radius 3 is 2.33 bits per heavy atom. The van der Waals surface area contributed by atoms with Crippen LogP contribution in [0.1, 0.15) is 19.8 Å². The average molecular weight is 319 g/mol. The summed E-state index contributed by atoms with van der Waals surface area (Å²) in [5.74, 6) is -2.65. The van der Waals surface area contributed by atoms with Crippen LogP contribution in [0.15, 0.2) is 0 Å². The van der Waals surface area contributed by atoms with Gasteiger partial charge in [-0.2, -0.15) is 0 Å². The van der Waals surface area contributed by atoms with Gasteiger partial charge in [0.2, 0.25) is 0 Å². The van der Waals surface area contributed by atoms with Gasteiger partial charge in [0.1, 0.15) is 11.6 Å². The summed E-state index contributed by atoms with van der Waals surface area (Å²) in [6, 6.07) is -1.27. The predicted molar refractivity (Wildman–Crippen MR) is 74.9 cm³/mol. The molecule has 0 aliphatic carbocycles. The Hall–Kier alpha value is -1.94. The van der Waals surface area contributed by atoms with Crippen molar-refractivity contribution < 1.29 is 29.7 Å². The molecule has 1 heterocycles. The van der Waals surface area contributed by atoms with E-state index in [2.05, 4.69) is 0 Å². The first-order valence-corrected chi connectivity index (χ1v) is 6.61. The van der Waals surface area contributed by atoms with E-state index in [-0.39, 0.29) is 24.6 Å². The Balaban J connectivity index is 3.07. The van der Waals surface area contributed by atoms with Gasteiger partial charge in [0.25, 0.3) is 0 Å². The minimum atomic E-state index is -1.77. The highest BCUT2D eigenvalue weighted by molar-refractivity contribution is 7.80. The van der Waals surface area contributed by atoms with Gasteiger partial charge in [-0.05, 0) is 18.6 Å². The molecule has 1 fully saturated rings. The van der Waals surface area contributed by atoms with E-state index < -0.39 is 29.6 Å². The number of thiocarbonyl (C=S) groups is 1. The summed E-state index contributed by atoms with van der Waals surface area (Å²) < 4.78 is 0. The zero-order valence-electron chi connectivity index (χ0n) is 11.4. The molecule has 0 spiro atoms. The molecule has 9 nitrogen and oxygen atoms in total. The van der Waals surface area contributed by atoms with Crippen LogP contribution in [0.5, 0.6) is 0 Å². The smallest absolute Gasteiger partial charge is 0.413 e. The Kier molecular flexibility index (Phi) is 5.07. The first-order chi connectivity index (χ1) is 9.64. The summed E-state index contributed by atoms with van der Waals surface area (Å²) in [4.78, 5) is 35.5. The lowest BCUT2D eigenvalue weighted by atomic mass is 9.98. The number of hydrogen-bond acceptors (Lipinski definition) is 5. The monoisotopic (exact) mass is 319 g/mol. The van der Waals surface area contributed by atoms with Gasteiger partial charge in [0.05, 0.1) is 0 Å². The van der Waals surface area contributed by atoms with E-state index in [0.717, 1.165) is 9.80 Å². The fourth-order valence-electron chi connectivity index (χ4n) is 2.16. The van der Waals surface area contributed by atoms with Crippen LogP contribution in [-0.2, 0) is 9.59 Å². The normalized spacial score (nSPS) is 24.7. The SMILES string of the molecule is CCCN(C(=O)O)C(=S)N1CC(N)(C(=O)O)CC1C(=O)O. The number of nitrogens with zero attached hydrogens (tertiary/aromatic N) is 2. The maximum Gasteiger partial charge on any atom is 0.413 e. The first kappa shape index (κ1) is 17.1. The van der Waals surface area contributed by atoms with E-state index >= 15 is 0 Å². The molecule has 1 aliphatic heterocycles. The van der Waals surface area contributed by atoms with E-state index in [1.807, 2.05) is 0 Å². The van der Waals surface area contributed by atoms with Crippen molar-refractivity contribution in [2.24, 2.45) is 5.73 Å². The van der Waals surface area contributed by atoms with Crippen LogP contribution in [0.2, 0.25) is 0 Å². The van der Waals surface area contributed by atoms with Crippen molar-refractivity contribution in [1.29, 1.82) is 0 Å². The number of aliphatic carboxylic acids is 2. The molecule has 0 aromatic heterocycles. The first-order valence-electron chi connectivity index (χ1n) is 6.20. The molecule has 2 atom stereocenters. The number of carboxylic acids is 2. The maximum atomic E-state index is 11.3. The van der Waals surface area contributed by atoms with Crippen molar-refractivity contribution in [3.8, 4) is 0 Å². The molecule has 2 unspecified atom stereocenters. The lowest BCUT2D eigenvalue weighted by molar-refractivity contribution is -0.142. The molecular formula is C11H17N3O6S. The fraction of sp³-hybridized carbons (Fsp3) is 0.636. The third kappa shape index (κ3) is 3.39. The van der Waals surface area contributed by atoms with Gasteiger partial charge in [-0.1, -0.05) is 6.92 Å². The molecule has 0 aromatic carbocycles. The van der Waals surface area contributed by atoms with Gasteiger partial charge < -0.3 is 26.0 Å². The maximum absolute atomic E-state index is 11.3. The van der Waals surface area contributed by atoms with Gasteiger partial charge >= 0.3 is 18.0 Å². The van der Waals surface area contributed by atoms with Crippen molar-refractivity contribution in [3.63, 3.8) is 0 Å². The predicted octanol–water partition coefficient (Wildman–Crippen LogP) is -0.398. The molecular weight excluding hydrogens is 302 g/mol. The second-order valence-electron chi connectivity index (χ2n) is 4.86. The molecule has 10 heteroatoms. The number of rotatable bonds is 4. The van der Waals surface area contributed by atoms with Crippen molar-refractivity contribution in [2.75, 3.05) is 13.1 Å². The average Bonchev–Trinajstić information content (AvgIpc) is 2.75. The van der Waals surface area contributed by atoms with E-state index in [0.29, 0.717) is 6.42 Å². The number of amides is 1. The number of hydrogen-bond donors (Lipinski definition) is 4. The van der Waals surface area contributed by atoms with E-state index in [9.17, 15) is 19.5 Å². The molecule has 0 bridgehead atoms.